The lowest BCUT2D eigenvalue weighted by Gasteiger charge is -2.32. The van der Waals surface area contributed by atoms with Crippen LogP contribution in [0.15, 0.2) is 24.3 Å². The Hall–Kier alpha value is -1.59. The second-order valence-electron chi connectivity index (χ2n) is 5.85. The van der Waals surface area contributed by atoms with Gasteiger partial charge in [-0.2, -0.15) is 0 Å². The second-order valence-corrected chi connectivity index (χ2v) is 5.85. The van der Waals surface area contributed by atoms with Crippen molar-refractivity contribution in [2.75, 3.05) is 53.4 Å². The molecule has 5 heteroatoms. The van der Waals surface area contributed by atoms with Gasteiger partial charge in [-0.25, -0.2) is 0 Å². The van der Waals surface area contributed by atoms with E-state index in [9.17, 15) is 4.79 Å². The number of nitrogens with one attached hydrogen (secondary N) is 1. The van der Waals surface area contributed by atoms with Crippen LogP contribution in [-0.4, -0.2) is 69.1 Å². The molecule has 1 aromatic rings. The van der Waals surface area contributed by atoms with Crippen LogP contribution in [0, 0.1) is 0 Å². The number of rotatable bonds is 7. The predicted octanol–water partition coefficient (Wildman–Crippen LogP) is 0.991. The molecule has 1 amide bonds. The molecule has 5 nitrogen and oxygen atoms in total. The minimum Gasteiger partial charge on any atom is -0.497 e. The van der Waals surface area contributed by atoms with Crippen molar-refractivity contribution in [1.29, 1.82) is 0 Å². The number of hydrogen-bond acceptors (Lipinski definition) is 4. The van der Waals surface area contributed by atoms with E-state index < -0.39 is 0 Å². The van der Waals surface area contributed by atoms with Crippen LogP contribution in [0.5, 0.6) is 5.75 Å². The van der Waals surface area contributed by atoms with E-state index in [1.807, 2.05) is 18.2 Å². The van der Waals surface area contributed by atoms with E-state index in [4.69, 9.17) is 4.74 Å². The summed E-state index contributed by atoms with van der Waals surface area (Å²) in [6, 6.07) is 7.97. The summed E-state index contributed by atoms with van der Waals surface area (Å²) in [5.74, 6) is 1.00. The molecule has 1 fully saturated rings. The molecule has 1 N–H and O–H groups in total. The van der Waals surface area contributed by atoms with Crippen molar-refractivity contribution in [2.45, 2.75) is 12.8 Å². The summed E-state index contributed by atoms with van der Waals surface area (Å²) in [6.45, 7) is 5.85. The lowest BCUT2D eigenvalue weighted by atomic mass is 10.1. The molecular formula is C17H27N3O2. The van der Waals surface area contributed by atoms with Crippen LogP contribution in [0.4, 0.5) is 0 Å². The Bertz CT molecular complexity index is 471. The van der Waals surface area contributed by atoms with Crippen molar-refractivity contribution in [2.24, 2.45) is 0 Å². The molecular weight excluding hydrogens is 278 g/mol. The number of nitrogens with zero attached hydrogens (tertiary/aromatic N) is 2. The van der Waals surface area contributed by atoms with Gasteiger partial charge in [0.15, 0.2) is 0 Å². The fourth-order valence-electron chi connectivity index (χ4n) is 2.59. The zero-order valence-corrected chi connectivity index (χ0v) is 13.7. The zero-order chi connectivity index (χ0) is 15.8. The van der Waals surface area contributed by atoms with E-state index >= 15 is 0 Å². The molecule has 2 rings (SSSR count). The number of piperazine rings is 1. The van der Waals surface area contributed by atoms with E-state index in [0.29, 0.717) is 13.0 Å². The fourth-order valence-corrected chi connectivity index (χ4v) is 2.59. The molecule has 0 spiro atoms. The standard InChI is InChI=1S/C17H27N3O2/c1-19-10-12-20(13-11-19)9-7-17(21)18-8-6-15-4-3-5-16(14-15)22-2/h3-5,14H,6-13H2,1-2H3,(H,18,21). The first-order chi connectivity index (χ1) is 10.7. The van der Waals surface area contributed by atoms with Gasteiger partial charge in [0, 0.05) is 45.7 Å². The average Bonchev–Trinajstić information content (AvgIpc) is 2.54. The van der Waals surface area contributed by atoms with E-state index in [-0.39, 0.29) is 5.91 Å². The number of ether oxygens (including phenoxy) is 1. The van der Waals surface area contributed by atoms with E-state index in [2.05, 4.69) is 28.2 Å². The maximum absolute atomic E-state index is 11.9. The Balaban J connectivity index is 1.61. The van der Waals surface area contributed by atoms with Gasteiger partial charge in [-0.3, -0.25) is 4.79 Å². The minimum absolute atomic E-state index is 0.141. The van der Waals surface area contributed by atoms with E-state index in [1.165, 1.54) is 5.56 Å². The Morgan fingerprint density at radius 1 is 1.27 bits per heavy atom. The van der Waals surface area contributed by atoms with Gasteiger partial charge in [-0.15, -0.1) is 0 Å². The largest absolute Gasteiger partial charge is 0.497 e. The highest BCUT2D eigenvalue weighted by Crippen LogP contribution is 2.12. The fraction of sp³-hybridized carbons (Fsp3) is 0.588. The molecule has 0 saturated carbocycles. The summed E-state index contributed by atoms with van der Waals surface area (Å²) in [5, 5.41) is 3.00. The first kappa shape index (κ1) is 16.8. The van der Waals surface area contributed by atoms with Crippen LogP contribution in [-0.2, 0) is 11.2 Å². The zero-order valence-electron chi connectivity index (χ0n) is 13.7. The summed E-state index contributed by atoms with van der Waals surface area (Å²) >= 11 is 0. The van der Waals surface area contributed by atoms with Crippen LogP contribution < -0.4 is 10.1 Å². The van der Waals surface area contributed by atoms with Gasteiger partial charge < -0.3 is 19.9 Å². The number of likely N-dealkylation sites (N-methyl/N-ethyl adjacent to an activating group) is 1. The SMILES string of the molecule is COc1cccc(CCNC(=O)CCN2CCN(C)CC2)c1. The third-order valence-electron chi connectivity index (χ3n) is 4.12. The second kappa shape index (κ2) is 8.76. The molecule has 0 atom stereocenters. The Morgan fingerprint density at radius 2 is 2.05 bits per heavy atom. The maximum Gasteiger partial charge on any atom is 0.221 e. The molecule has 0 aromatic heterocycles. The molecule has 22 heavy (non-hydrogen) atoms. The number of hydrogen-bond donors (Lipinski definition) is 1. The quantitative estimate of drug-likeness (QED) is 0.816. The third kappa shape index (κ3) is 5.66. The molecule has 1 aliphatic rings. The lowest BCUT2D eigenvalue weighted by Crippen LogP contribution is -2.45. The molecule has 0 radical (unpaired) electrons. The Kier molecular flexibility index (Phi) is 6.68. The Labute approximate surface area is 133 Å². The summed E-state index contributed by atoms with van der Waals surface area (Å²) in [7, 11) is 3.81. The minimum atomic E-state index is 0.141. The summed E-state index contributed by atoms with van der Waals surface area (Å²) in [4.78, 5) is 16.6. The van der Waals surface area contributed by atoms with E-state index in [1.54, 1.807) is 7.11 Å². The van der Waals surface area contributed by atoms with Gasteiger partial charge in [0.1, 0.15) is 5.75 Å². The smallest absolute Gasteiger partial charge is 0.221 e. The number of amides is 1. The number of carbonyl (C=O) groups excluding carboxylic acids is 1. The van der Waals surface area contributed by atoms with Gasteiger partial charge in [0.05, 0.1) is 7.11 Å². The van der Waals surface area contributed by atoms with Crippen LogP contribution in [0.25, 0.3) is 0 Å². The predicted molar refractivity (Wildman–Crippen MR) is 88.3 cm³/mol. The first-order valence-corrected chi connectivity index (χ1v) is 7.98. The molecule has 1 aromatic carbocycles. The van der Waals surface area contributed by atoms with E-state index in [0.717, 1.165) is 44.9 Å². The molecule has 1 saturated heterocycles. The average molecular weight is 305 g/mol. The number of benzene rings is 1. The summed E-state index contributed by atoms with van der Waals surface area (Å²) in [5.41, 5.74) is 1.18. The molecule has 1 aliphatic heterocycles. The number of carbonyl (C=O) groups is 1. The third-order valence-corrected chi connectivity index (χ3v) is 4.12. The van der Waals surface area contributed by atoms with Gasteiger partial charge in [-0.05, 0) is 31.2 Å². The topological polar surface area (TPSA) is 44.8 Å². The van der Waals surface area contributed by atoms with Crippen molar-refractivity contribution in [1.82, 2.24) is 15.1 Å². The van der Waals surface area contributed by atoms with Crippen LogP contribution >= 0.6 is 0 Å². The summed E-state index contributed by atoms with van der Waals surface area (Å²) < 4.78 is 5.20. The van der Waals surface area contributed by atoms with Crippen molar-refractivity contribution in [3.63, 3.8) is 0 Å². The van der Waals surface area contributed by atoms with Crippen molar-refractivity contribution in [3.05, 3.63) is 29.8 Å². The molecule has 0 aliphatic carbocycles. The molecule has 0 bridgehead atoms. The molecule has 0 unspecified atom stereocenters. The van der Waals surface area contributed by atoms with Gasteiger partial charge >= 0.3 is 0 Å². The first-order valence-electron chi connectivity index (χ1n) is 7.98. The Morgan fingerprint density at radius 3 is 2.77 bits per heavy atom. The normalized spacial score (nSPS) is 16.5. The van der Waals surface area contributed by atoms with Crippen LogP contribution in [0.2, 0.25) is 0 Å². The molecule has 122 valence electrons. The summed E-state index contributed by atoms with van der Waals surface area (Å²) in [6.07, 6.45) is 1.42. The van der Waals surface area contributed by atoms with Crippen LogP contribution in [0.1, 0.15) is 12.0 Å². The number of methoxy groups -OCH3 is 1. The van der Waals surface area contributed by atoms with Crippen molar-refractivity contribution in [3.8, 4) is 5.75 Å². The highest BCUT2D eigenvalue weighted by atomic mass is 16.5. The lowest BCUT2D eigenvalue weighted by molar-refractivity contribution is -0.121. The monoisotopic (exact) mass is 305 g/mol. The highest BCUT2D eigenvalue weighted by molar-refractivity contribution is 5.76. The van der Waals surface area contributed by atoms with Gasteiger partial charge in [0.2, 0.25) is 5.91 Å². The van der Waals surface area contributed by atoms with Crippen molar-refractivity contribution < 1.29 is 9.53 Å². The van der Waals surface area contributed by atoms with Crippen LogP contribution in [0.3, 0.4) is 0 Å². The van der Waals surface area contributed by atoms with Gasteiger partial charge in [-0.1, -0.05) is 12.1 Å². The molecule has 1 heterocycles. The highest BCUT2D eigenvalue weighted by Gasteiger charge is 2.14. The maximum atomic E-state index is 11.9. The van der Waals surface area contributed by atoms with Gasteiger partial charge in [0.25, 0.3) is 0 Å². The van der Waals surface area contributed by atoms with Crippen molar-refractivity contribution >= 4 is 5.91 Å².